The first kappa shape index (κ1) is 13.5. The predicted octanol–water partition coefficient (Wildman–Crippen LogP) is 4.40. The molecule has 1 N–H and O–H groups in total. The zero-order valence-corrected chi connectivity index (χ0v) is 11.6. The summed E-state index contributed by atoms with van der Waals surface area (Å²) in [6, 6.07) is 16.7. The molecule has 0 radical (unpaired) electrons. The lowest BCUT2D eigenvalue weighted by atomic mass is 10.1. The van der Waals surface area contributed by atoms with Crippen LogP contribution < -0.4 is 10.1 Å². The van der Waals surface area contributed by atoms with Gasteiger partial charge in [0.05, 0.1) is 6.61 Å². The minimum absolute atomic E-state index is 0.765. The topological polar surface area (TPSA) is 21.3 Å². The Morgan fingerprint density at radius 1 is 1.05 bits per heavy atom. The Balaban J connectivity index is 1.93. The zero-order valence-electron chi connectivity index (χ0n) is 11.6. The van der Waals surface area contributed by atoms with Crippen LogP contribution in [0.25, 0.3) is 0 Å². The molecule has 0 aliphatic rings. The second kappa shape index (κ2) is 6.83. The number of ether oxygens (including phenoxy) is 1. The summed E-state index contributed by atoms with van der Waals surface area (Å²) in [6.45, 7) is 5.81. The molecule has 2 aromatic rings. The number of hydrogen-bond acceptors (Lipinski definition) is 2. The molecule has 2 aromatic carbocycles. The lowest BCUT2D eigenvalue weighted by molar-refractivity contribution is 0.317. The summed E-state index contributed by atoms with van der Waals surface area (Å²) in [6.07, 6.45) is 1.03. The molecular weight excluding hydrogens is 234 g/mol. The summed E-state index contributed by atoms with van der Waals surface area (Å²) in [7, 11) is 0. The minimum Gasteiger partial charge on any atom is -0.494 e. The molecule has 100 valence electrons. The van der Waals surface area contributed by atoms with E-state index in [9.17, 15) is 0 Å². The molecule has 0 amide bonds. The van der Waals surface area contributed by atoms with Gasteiger partial charge in [-0.1, -0.05) is 42.8 Å². The van der Waals surface area contributed by atoms with Crippen LogP contribution in [0.3, 0.4) is 0 Å². The quantitative estimate of drug-likeness (QED) is 0.826. The number of nitrogens with one attached hydrogen (secondary N) is 1. The van der Waals surface area contributed by atoms with Gasteiger partial charge < -0.3 is 10.1 Å². The smallest absolute Gasteiger partial charge is 0.121 e. The average Bonchev–Trinajstić information content (AvgIpc) is 2.45. The van der Waals surface area contributed by atoms with Crippen molar-refractivity contribution in [3.63, 3.8) is 0 Å². The van der Waals surface area contributed by atoms with Crippen LogP contribution in [0.1, 0.15) is 24.5 Å². The fraction of sp³-hybridized carbons (Fsp3) is 0.294. The van der Waals surface area contributed by atoms with Crippen molar-refractivity contribution in [1.29, 1.82) is 0 Å². The van der Waals surface area contributed by atoms with E-state index in [4.69, 9.17) is 4.74 Å². The third-order valence-corrected chi connectivity index (χ3v) is 2.92. The zero-order chi connectivity index (χ0) is 13.5. The Bertz CT molecular complexity index is 505. The van der Waals surface area contributed by atoms with E-state index in [-0.39, 0.29) is 0 Å². The Hall–Kier alpha value is -1.96. The maximum absolute atomic E-state index is 5.62. The highest BCUT2D eigenvalue weighted by Crippen LogP contribution is 2.18. The van der Waals surface area contributed by atoms with Gasteiger partial charge in [-0.15, -0.1) is 0 Å². The summed E-state index contributed by atoms with van der Waals surface area (Å²) in [5.41, 5.74) is 3.67. The van der Waals surface area contributed by atoms with Gasteiger partial charge in [0.2, 0.25) is 0 Å². The first-order chi connectivity index (χ1) is 9.28. The predicted molar refractivity (Wildman–Crippen MR) is 80.7 cm³/mol. The van der Waals surface area contributed by atoms with Crippen molar-refractivity contribution in [3.05, 3.63) is 59.7 Å². The highest BCUT2D eigenvalue weighted by Gasteiger charge is 1.97. The van der Waals surface area contributed by atoms with Crippen LogP contribution in [0, 0.1) is 6.92 Å². The van der Waals surface area contributed by atoms with Gasteiger partial charge in [0.15, 0.2) is 0 Å². The molecule has 0 aliphatic heterocycles. The van der Waals surface area contributed by atoms with Crippen molar-refractivity contribution in [2.75, 3.05) is 11.9 Å². The molecule has 0 unspecified atom stereocenters. The SMILES string of the molecule is CCCOc1cccc(NCc2ccc(C)cc2)c1. The van der Waals surface area contributed by atoms with Gasteiger partial charge in [-0.25, -0.2) is 0 Å². The van der Waals surface area contributed by atoms with Gasteiger partial charge in [0.25, 0.3) is 0 Å². The molecule has 0 fully saturated rings. The lowest BCUT2D eigenvalue weighted by Crippen LogP contribution is -2.00. The molecule has 0 heterocycles. The van der Waals surface area contributed by atoms with Gasteiger partial charge in [-0.3, -0.25) is 0 Å². The minimum atomic E-state index is 0.765. The lowest BCUT2D eigenvalue weighted by Gasteiger charge is -2.09. The standard InChI is InChI=1S/C17H21NO/c1-3-11-19-17-6-4-5-16(12-17)18-13-15-9-7-14(2)8-10-15/h4-10,12,18H,3,11,13H2,1-2H3. The molecule has 2 nitrogen and oxygen atoms in total. The average molecular weight is 255 g/mol. The monoisotopic (exact) mass is 255 g/mol. The summed E-state index contributed by atoms with van der Waals surface area (Å²) in [5, 5.41) is 3.42. The van der Waals surface area contributed by atoms with E-state index >= 15 is 0 Å². The highest BCUT2D eigenvalue weighted by molar-refractivity contribution is 5.48. The number of benzene rings is 2. The molecule has 0 bridgehead atoms. The third kappa shape index (κ3) is 4.32. The van der Waals surface area contributed by atoms with Gasteiger partial charge in [0, 0.05) is 18.3 Å². The van der Waals surface area contributed by atoms with Crippen LogP contribution in [0.4, 0.5) is 5.69 Å². The Kier molecular flexibility index (Phi) is 4.85. The van der Waals surface area contributed by atoms with E-state index in [0.717, 1.165) is 31.0 Å². The van der Waals surface area contributed by atoms with Crippen LogP contribution in [0.5, 0.6) is 5.75 Å². The van der Waals surface area contributed by atoms with Crippen LogP contribution in [-0.4, -0.2) is 6.61 Å². The third-order valence-electron chi connectivity index (χ3n) is 2.92. The maximum Gasteiger partial charge on any atom is 0.121 e. The summed E-state index contributed by atoms with van der Waals surface area (Å²) in [5.74, 6) is 0.927. The summed E-state index contributed by atoms with van der Waals surface area (Å²) < 4.78 is 5.62. The summed E-state index contributed by atoms with van der Waals surface area (Å²) in [4.78, 5) is 0. The fourth-order valence-electron chi connectivity index (χ4n) is 1.83. The highest BCUT2D eigenvalue weighted by atomic mass is 16.5. The first-order valence-corrected chi connectivity index (χ1v) is 6.80. The van der Waals surface area contributed by atoms with E-state index in [1.807, 2.05) is 18.2 Å². The molecular formula is C17H21NO. The number of rotatable bonds is 6. The second-order valence-electron chi connectivity index (χ2n) is 4.72. The van der Waals surface area contributed by atoms with Crippen molar-refractivity contribution in [3.8, 4) is 5.75 Å². The molecule has 0 aliphatic carbocycles. The van der Waals surface area contributed by atoms with Gasteiger partial charge in [-0.2, -0.15) is 0 Å². The summed E-state index contributed by atoms with van der Waals surface area (Å²) >= 11 is 0. The van der Waals surface area contributed by atoms with Crippen LogP contribution in [0.2, 0.25) is 0 Å². The molecule has 19 heavy (non-hydrogen) atoms. The Morgan fingerprint density at radius 2 is 1.84 bits per heavy atom. The van der Waals surface area contributed by atoms with E-state index in [1.54, 1.807) is 0 Å². The largest absolute Gasteiger partial charge is 0.494 e. The van der Waals surface area contributed by atoms with Gasteiger partial charge >= 0.3 is 0 Å². The van der Waals surface area contributed by atoms with Crippen molar-refractivity contribution in [2.45, 2.75) is 26.8 Å². The molecule has 0 spiro atoms. The molecule has 0 aromatic heterocycles. The normalized spacial score (nSPS) is 10.2. The van der Waals surface area contributed by atoms with Crippen LogP contribution in [-0.2, 0) is 6.54 Å². The first-order valence-electron chi connectivity index (χ1n) is 6.80. The maximum atomic E-state index is 5.62. The number of hydrogen-bond donors (Lipinski definition) is 1. The number of anilines is 1. The molecule has 2 rings (SSSR count). The van der Waals surface area contributed by atoms with Crippen molar-refractivity contribution >= 4 is 5.69 Å². The van der Waals surface area contributed by atoms with E-state index in [0.29, 0.717) is 0 Å². The second-order valence-corrected chi connectivity index (χ2v) is 4.72. The van der Waals surface area contributed by atoms with Gasteiger partial charge in [0.1, 0.15) is 5.75 Å². The number of aryl methyl sites for hydroxylation is 1. The molecule has 0 saturated carbocycles. The molecule has 2 heteroatoms. The van der Waals surface area contributed by atoms with E-state index < -0.39 is 0 Å². The van der Waals surface area contributed by atoms with Crippen molar-refractivity contribution in [2.24, 2.45) is 0 Å². The van der Waals surface area contributed by atoms with Crippen LogP contribution >= 0.6 is 0 Å². The van der Waals surface area contributed by atoms with Crippen LogP contribution in [0.15, 0.2) is 48.5 Å². The van der Waals surface area contributed by atoms with Crippen molar-refractivity contribution < 1.29 is 4.74 Å². The molecule has 0 atom stereocenters. The van der Waals surface area contributed by atoms with Crippen molar-refractivity contribution in [1.82, 2.24) is 0 Å². The van der Waals surface area contributed by atoms with E-state index in [1.165, 1.54) is 11.1 Å². The Morgan fingerprint density at radius 3 is 2.58 bits per heavy atom. The Labute approximate surface area is 115 Å². The van der Waals surface area contributed by atoms with Gasteiger partial charge in [-0.05, 0) is 31.0 Å². The fourth-order valence-corrected chi connectivity index (χ4v) is 1.83. The molecule has 0 saturated heterocycles. The van der Waals surface area contributed by atoms with E-state index in [2.05, 4.69) is 49.5 Å².